The minimum Gasteiger partial charge on any atom is -0.493 e. The van der Waals surface area contributed by atoms with E-state index >= 15 is 0 Å². The lowest BCUT2D eigenvalue weighted by molar-refractivity contribution is -0.385. The van der Waals surface area contributed by atoms with Gasteiger partial charge in [-0.25, -0.2) is 9.78 Å². The summed E-state index contributed by atoms with van der Waals surface area (Å²) in [6.07, 6.45) is 2.57. The number of nitro groups is 1. The highest BCUT2D eigenvalue weighted by Gasteiger charge is 2.22. The third-order valence-electron chi connectivity index (χ3n) is 4.43. The Morgan fingerprint density at radius 3 is 2.67 bits per heavy atom. The van der Waals surface area contributed by atoms with Crippen molar-refractivity contribution in [3.63, 3.8) is 0 Å². The highest BCUT2D eigenvalue weighted by Crippen LogP contribution is 2.36. The maximum Gasteiger partial charge on any atom is 0.387 e. The van der Waals surface area contributed by atoms with Crippen molar-refractivity contribution in [1.82, 2.24) is 9.97 Å². The Morgan fingerprint density at radius 2 is 2.06 bits per heavy atom. The van der Waals surface area contributed by atoms with Crippen molar-refractivity contribution >= 4 is 45.4 Å². The Hall–Kier alpha value is -3.87. The SMILES string of the molecule is CCOC(=O)c1sc2nc(/C=C/c3cc(OC)c(OC(F)F)cc3[N+](=O)[O-])[nH]c(=O)c2c1C. The first-order valence-corrected chi connectivity index (χ1v) is 10.2. The number of hydrogen-bond donors (Lipinski definition) is 1. The molecule has 0 aliphatic rings. The van der Waals surface area contributed by atoms with E-state index in [0.29, 0.717) is 5.56 Å². The number of nitrogens with one attached hydrogen (secondary N) is 1. The van der Waals surface area contributed by atoms with Gasteiger partial charge in [-0.1, -0.05) is 0 Å². The number of H-pyrrole nitrogens is 1. The number of hydrogen-bond acceptors (Lipinski definition) is 9. The molecule has 0 saturated carbocycles. The third kappa shape index (κ3) is 4.98. The second kappa shape index (κ2) is 9.73. The fourth-order valence-corrected chi connectivity index (χ4v) is 4.09. The van der Waals surface area contributed by atoms with Gasteiger partial charge in [0.05, 0.1) is 35.7 Å². The summed E-state index contributed by atoms with van der Waals surface area (Å²) < 4.78 is 39.4. The molecule has 3 rings (SSSR count). The van der Waals surface area contributed by atoms with Crippen LogP contribution in [0.3, 0.4) is 0 Å². The van der Waals surface area contributed by atoms with Crippen LogP contribution in [0.4, 0.5) is 14.5 Å². The number of methoxy groups -OCH3 is 1. The Labute approximate surface area is 188 Å². The van der Waals surface area contributed by atoms with Crippen LogP contribution in [0.25, 0.3) is 22.4 Å². The van der Waals surface area contributed by atoms with Gasteiger partial charge in [0.1, 0.15) is 15.5 Å². The van der Waals surface area contributed by atoms with Gasteiger partial charge in [0, 0.05) is 0 Å². The topological polar surface area (TPSA) is 134 Å². The van der Waals surface area contributed by atoms with E-state index in [1.165, 1.54) is 19.3 Å². The highest BCUT2D eigenvalue weighted by molar-refractivity contribution is 7.20. The van der Waals surface area contributed by atoms with Gasteiger partial charge in [-0.2, -0.15) is 8.78 Å². The molecule has 174 valence electrons. The molecule has 3 aromatic rings. The smallest absolute Gasteiger partial charge is 0.387 e. The number of fused-ring (bicyclic) bond motifs is 1. The van der Waals surface area contributed by atoms with E-state index < -0.39 is 34.5 Å². The lowest BCUT2D eigenvalue weighted by Gasteiger charge is -2.10. The molecule has 0 aliphatic carbocycles. The van der Waals surface area contributed by atoms with Gasteiger partial charge in [-0.3, -0.25) is 14.9 Å². The molecule has 1 aromatic carbocycles. The van der Waals surface area contributed by atoms with E-state index in [0.717, 1.165) is 23.5 Å². The number of nitro benzene ring substituents is 1. The number of nitrogens with zero attached hydrogens (tertiary/aromatic N) is 2. The molecule has 2 heterocycles. The number of carbonyl (C=O) groups is 1. The zero-order chi connectivity index (χ0) is 24.3. The predicted molar refractivity (Wildman–Crippen MR) is 116 cm³/mol. The highest BCUT2D eigenvalue weighted by atomic mass is 32.1. The van der Waals surface area contributed by atoms with E-state index in [-0.39, 0.29) is 38.8 Å². The summed E-state index contributed by atoms with van der Waals surface area (Å²) in [5, 5.41) is 11.7. The van der Waals surface area contributed by atoms with Crippen molar-refractivity contribution in [2.45, 2.75) is 20.5 Å². The van der Waals surface area contributed by atoms with E-state index in [1.54, 1.807) is 13.8 Å². The minimum absolute atomic E-state index is 0.00390. The van der Waals surface area contributed by atoms with Gasteiger partial charge in [-0.05, 0) is 37.6 Å². The van der Waals surface area contributed by atoms with Crippen molar-refractivity contribution in [3.8, 4) is 11.5 Å². The van der Waals surface area contributed by atoms with Crippen LogP contribution in [0, 0.1) is 17.0 Å². The van der Waals surface area contributed by atoms with Crippen LogP contribution in [0.2, 0.25) is 0 Å². The number of carbonyl (C=O) groups excluding carboxylic acids is 1. The Morgan fingerprint density at radius 1 is 1.33 bits per heavy atom. The number of benzene rings is 1. The van der Waals surface area contributed by atoms with Gasteiger partial charge < -0.3 is 19.2 Å². The average molecular weight is 481 g/mol. The molecule has 0 radical (unpaired) electrons. The number of ether oxygens (including phenoxy) is 3. The molecule has 0 bridgehead atoms. The standard InChI is InChI=1S/C20H17F2N3O7S/c1-4-31-19(27)16-9(2)15-17(26)23-14(24-18(15)33-16)6-5-10-7-12(30-3)13(32-20(21)22)8-11(10)25(28)29/h5-8,20H,4H2,1-3H3,(H,23,24,26)/b6-5+. The Balaban J connectivity index is 2.05. The van der Waals surface area contributed by atoms with E-state index in [1.807, 2.05) is 0 Å². The van der Waals surface area contributed by atoms with Gasteiger partial charge in [0.2, 0.25) is 0 Å². The van der Waals surface area contributed by atoms with E-state index in [4.69, 9.17) is 9.47 Å². The number of aryl methyl sites for hydroxylation is 1. The summed E-state index contributed by atoms with van der Waals surface area (Å²) in [4.78, 5) is 42.7. The molecule has 0 spiro atoms. The summed E-state index contributed by atoms with van der Waals surface area (Å²) in [7, 11) is 1.19. The summed E-state index contributed by atoms with van der Waals surface area (Å²) in [6.45, 7) is 0.244. The van der Waals surface area contributed by atoms with Crippen LogP contribution in [0.15, 0.2) is 16.9 Å². The number of esters is 1. The number of rotatable bonds is 8. The quantitative estimate of drug-likeness (QED) is 0.288. The van der Waals surface area contributed by atoms with E-state index in [9.17, 15) is 28.5 Å². The maximum atomic E-state index is 12.6. The molecule has 10 nitrogen and oxygen atoms in total. The molecule has 0 aliphatic heterocycles. The van der Waals surface area contributed by atoms with Crippen LogP contribution >= 0.6 is 11.3 Å². The fourth-order valence-electron chi connectivity index (χ4n) is 3.00. The molecule has 0 unspecified atom stereocenters. The van der Waals surface area contributed by atoms with Crippen molar-refractivity contribution in [1.29, 1.82) is 0 Å². The van der Waals surface area contributed by atoms with Crippen molar-refractivity contribution < 1.29 is 32.7 Å². The normalized spacial score (nSPS) is 11.3. The van der Waals surface area contributed by atoms with Gasteiger partial charge in [-0.15, -0.1) is 11.3 Å². The molecule has 1 N–H and O–H groups in total. The molecule has 0 fully saturated rings. The number of halogens is 2. The lowest BCUT2D eigenvalue weighted by atomic mass is 10.1. The molecule has 33 heavy (non-hydrogen) atoms. The van der Waals surface area contributed by atoms with Crippen LogP contribution in [0.5, 0.6) is 11.5 Å². The number of aromatic nitrogens is 2. The van der Waals surface area contributed by atoms with E-state index in [2.05, 4.69) is 14.7 Å². The minimum atomic E-state index is -3.20. The first kappa shape index (κ1) is 23.8. The molecular weight excluding hydrogens is 464 g/mol. The van der Waals surface area contributed by atoms with Crippen LogP contribution in [-0.4, -0.2) is 41.2 Å². The fraction of sp³-hybridized carbons (Fsp3) is 0.250. The zero-order valence-electron chi connectivity index (χ0n) is 17.5. The summed E-state index contributed by atoms with van der Waals surface area (Å²) >= 11 is 0.988. The van der Waals surface area contributed by atoms with Crippen LogP contribution < -0.4 is 15.0 Å². The van der Waals surface area contributed by atoms with Crippen molar-refractivity contribution in [2.24, 2.45) is 0 Å². The molecule has 0 atom stereocenters. The zero-order valence-corrected chi connectivity index (χ0v) is 18.3. The maximum absolute atomic E-state index is 12.6. The molecule has 2 aromatic heterocycles. The lowest BCUT2D eigenvalue weighted by Crippen LogP contribution is -2.10. The molecule has 0 saturated heterocycles. The molecule has 0 amide bonds. The average Bonchev–Trinajstić information content (AvgIpc) is 3.09. The number of thiophene rings is 1. The van der Waals surface area contributed by atoms with Gasteiger partial charge in [0.25, 0.3) is 11.2 Å². The van der Waals surface area contributed by atoms with Crippen molar-refractivity contribution in [3.05, 3.63) is 54.4 Å². The van der Waals surface area contributed by atoms with Crippen molar-refractivity contribution in [2.75, 3.05) is 13.7 Å². The van der Waals surface area contributed by atoms with Gasteiger partial charge >= 0.3 is 12.6 Å². The first-order chi connectivity index (χ1) is 15.7. The monoisotopic (exact) mass is 481 g/mol. The number of aromatic amines is 1. The molecular formula is C20H17F2N3O7S. The van der Waals surface area contributed by atoms with Crippen LogP contribution in [0.1, 0.15) is 33.5 Å². The molecule has 13 heteroatoms. The first-order valence-electron chi connectivity index (χ1n) is 9.36. The van der Waals surface area contributed by atoms with Gasteiger partial charge in [0.15, 0.2) is 11.5 Å². The second-order valence-electron chi connectivity index (χ2n) is 6.44. The summed E-state index contributed by atoms with van der Waals surface area (Å²) in [5.41, 5.74) is -0.595. The Bertz CT molecular complexity index is 1320. The summed E-state index contributed by atoms with van der Waals surface area (Å²) in [5.74, 6) is -1.15. The Kier molecular flexibility index (Phi) is 7.01. The number of alkyl halides is 2. The predicted octanol–water partition coefficient (Wildman–Crippen LogP) is 4.16. The van der Waals surface area contributed by atoms with Crippen LogP contribution in [-0.2, 0) is 4.74 Å². The second-order valence-corrected chi connectivity index (χ2v) is 7.44. The third-order valence-corrected chi connectivity index (χ3v) is 5.59. The largest absolute Gasteiger partial charge is 0.493 e. The summed E-state index contributed by atoms with van der Waals surface area (Å²) in [6, 6.07) is 1.97.